The van der Waals surface area contributed by atoms with Gasteiger partial charge >= 0.3 is 0 Å². The van der Waals surface area contributed by atoms with Gasteiger partial charge in [0.25, 0.3) is 0 Å². The zero-order valence-corrected chi connectivity index (χ0v) is 9.90. The van der Waals surface area contributed by atoms with Crippen molar-refractivity contribution in [2.75, 3.05) is 19.6 Å². The van der Waals surface area contributed by atoms with Crippen LogP contribution in [0.3, 0.4) is 0 Å². The summed E-state index contributed by atoms with van der Waals surface area (Å²) >= 11 is 0. The zero-order chi connectivity index (χ0) is 12.1. The average Bonchev–Trinajstić information content (AvgIpc) is 2.37. The molecule has 1 aromatic carbocycles. The Hall–Kier alpha value is -0.970. The van der Waals surface area contributed by atoms with Gasteiger partial charge in [-0.15, -0.1) is 0 Å². The predicted octanol–water partition coefficient (Wildman–Crippen LogP) is 1.85. The van der Waals surface area contributed by atoms with Gasteiger partial charge in [-0.05, 0) is 30.5 Å². The number of aliphatic hydroxyl groups is 1. The van der Waals surface area contributed by atoms with E-state index in [4.69, 9.17) is 0 Å². The molecule has 0 aliphatic carbocycles. The molecule has 1 fully saturated rings. The maximum absolute atomic E-state index is 13.0. The molecule has 0 spiro atoms. The molecule has 2 rings (SSSR count). The fourth-order valence-corrected chi connectivity index (χ4v) is 2.10. The van der Waals surface area contributed by atoms with E-state index in [1.807, 2.05) is 0 Å². The molecular formula is C13H19FN2O. The highest BCUT2D eigenvalue weighted by Gasteiger charge is 2.12. The fraction of sp³-hybridized carbons (Fsp3) is 0.538. The molecule has 17 heavy (non-hydrogen) atoms. The van der Waals surface area contributed by atoms with Crippen LogP contribution >= 0.6 is 0 Å². The molecule has 0 bridgehead atoms. The first-order valence-electron chi connectivity index (χ1n) is 6.18. The molecular weight excluding hydrogens is 219 g/mol. The van der Waals surface area contributed by atoms with Crippen molar-refractivity contribution >= 4 is 0 Å². The average molecular weight is 238 g/mol. The van der Waals surface area contributed by atoms with Crippen molar-refractivity contribution in [1.82, 2.24) is 10.4 Å². The van der Waals surface area contributed by atoms with Crippen molar-refractivity contribution < 1.29 is 9.50 Å². The van der Waals surface area contributed by atoms with Gasteiger partial charge in [0.2, 0.25) is 0 Å². The van der Waals surface area contributed by atoms with E-state index in [0.29, 0.717) is 12.1 Å². The van der Waals surface area contributed by atoms with Crippen LogP contribution in [0.15, 0.2) is 24.3 Å². The molecule has 1 aromatic rings. The maximum atomic E-state index is 13.0. The third-order valence-corrected chi connectivity index (χ3v) is 3.10. The third-order valence-electron chi connectivity index (χ3n) is 3.10. The van der Waals surface area contributed by atoms with Gasteiger partial charge in [-0.3, -0.25) is 5.43 Å². The lowest BCUT2D eigenvalue weighted by Gasteiger charge is -2.28. The van der Waals surface area contributed by atoms with E-state index in [1.54, 1.807) is 12.1 Å². The Balaban J connectivity index is 1.82. The number of rotatable bonds is 4. The summed E-state index contributed by atoms with van der Waals surface area (Å²) in [5.41, 5.74) is 3.82. The second kappa shape index (κ2) is 6.10. The molecule has 0 saturated carbocycles. The summed E-state index contributed by atoms with van der Waals surface area (Å²) in [5, 5.41) is 12.1. The van der Waals surface area contributed by atoms with Gasteiger partial charge in [-0.2, -0.15) is 0 Å². The van der Waals surface area contributed by atoms with Crippen molar-refractivity contribution in [3.8, 4) is 0 Å². The Morgan fingerprint density at radius 3 is 2.76 bits per heavy atom. The molecule has 0 radical (unpaired) electrons. The topological polar surface area (TPSA) is 35.5 Å². The Labute approximate surface area is 101 Å². The van der Waals surface area contributed by atoms with E-state index in [1.165, 1.54) is 31.4 Å². The van der Waals surface area contributed by atoms with Crippen LogP contribution in [0.1, 0.15) is 30.9 Å². The molecule has 2 N–H and O–H groups in total. The molecule has 94 valence electrons. The van der Waals surface area contributed by atoms with Gasteiger partial charge < -0.3 is 5.11 Å². The second-order valence-electron chi connectivity index (χ2n) is 4.48. The van der Waals surface area contributed by atoms with Crippen LogP contribution in [-0.2, 0) is 0 Å². The number of piperidine rings is 1. The van der Waals surface area contributed by atoms with Crippen molar-refractivity contribution in [3.05, 3.63) is 35.6 Å². The zero-order valence-electron chi connectivity index (χ0n) is 9.90. The standard InChI is InChI=1S/C13H19FN2O/c14-12-6-4-5-11(9-12)13(17)10-15-16-7-2-1-3-8-16/h4-6,9,13,15,17H,1-3,7-8,10H2. The lowest BCUT2D eigenvalue weighted by atomic mass is 10.1. The van der Waals surface area contributed by atoms with Crippen LogP contribution < -0.4 is 5.43 Å². The van der Waals surface area contributed by atoms with Gasteiger partial charge in [0.05, 0.1) is 6.10 Å². The van der Waals surface area contributed by atoms with Crippen LogP contribution in [0.2, 0.25) is 0 Å². The lowest BCUT2D eigenvalue weighted by Crippen LogP contribution is -2.43. The molecule has 1 aliphatic rings. The summed E-state index contributed by atoms with van der Waals surface area (Å²) in [6.45, 7) is 2.48. The Bertz CT molecular complexity index is 353. The summed E-state index contributed by atoms with van der Waals surface area (Å²) < 4.78 is 13.0. The molecule has 1 aliphatic heterocycles. The number of hydrazine groups is 1. The molecule has 1 heterocycles. The van der Waals surface area contributed by atoms with Crippen LogP contribution in [0.25, 0.3) is 0 Å². The van der Waals surface area contributed by atoms with Gasteiger partial charge in [0.15, 0.2) is 0 Å². The lowest BCUT2D eigenvalue weighted by molar-refractivity contribution is 0.0995. The molecule has 1 saturated heterocycles. The highest BCUT2D eigenvalue weighted by molar-refractivity contribution is 5.18. The number of benzene rings is 1. The van der Waals surface area contributed by atoms with E-state index in [9.17, 15) is 9.50 Å². The Morgan fingerprint density at radius 2 is 2.06 bits per heavy atom. The minimum atomic E-state index is -0.660. The van der Waals surface area contributed by atoms with Crippen molar-refractivity contribution in [1.29, 1.82) is 0 Å². The number of nitrogens with one attached hydrogen (secondary N) is 1. The first-order chi connectivity index (χ1) is 8.25. The third kappa shape index (κ3) is 3.77. The number of hydrogen-bond donors (Lipinski definition) is 2. The van der Waals surface area contributed by atoms with E-state index in [2.05, 4.69) is 10.4 Å². The van der Waals surface area contributed by atoms with Gasteiger partial charge in [-0.1, -0.05) is 18.6 Å². The van der Waals surface area contributed by atoms with Crippen LogP contribution in [0.4, 0.5) is 4.39 Å². The molecule has 4 heteroatoms. The first kappa shape index (κ1) is 12.5. The van der Waals surface area contributed by atoms with Crippen molar-refractivity contribution in [2.45, 2.75) is 25.4 Å². The van der Waals surface area contributed by atoms with Gasteiger partial charge in [-0.25, -0.2) is 9.40 Å². The molecule has 0 aromatic heterocycles. The van der Waals surface area contributed by atoms with Gasteiger partial charge in [0, 0.05) is 19.6 Å². The fourth-order valence-electron chi connectivity index (χ4n) is 2.10. The quantitative estimate of drug-likeness (QED) is 0.840. The molecule has 1 unspecified atom stereocenters. The predicted molar refractivity (Wildman–Crippen MR) is 64.8 cm³/mol. The maximum Gasteiger partial charge on any atom is 0.123 e. The molecule has 3 nitrogen and oxygen atoms in total. The van der Waals surface area contributed by atoms with E-state index < -0.39 is 6.10 Å². The monoisotopic (exact) mass is 238 g/mol. The number of halogens is 1. The van der Waals surface area contributed by atoms with Crippen LogP contribution in [0, 0.1) is 5.82 Å². The minimum Gasteiger partial charge on any atom is -0.387 e. The van der Waals surface area contributed by atoms with E-state index in [0.717, 1.165) is 13.1 Å². The molecule has 1 atom stereocenters. The van der Waals surface area contributed by atoms with Crippen LogP contribution in [-0.4, -0.2) is 29.7 Å². The second-order valence-corrected chi connectivity index (χ2v) is 4.48. The smallest absolute Gasteiger partial charge is 0.123 e. The first-order valence-corrected chi connectivity index (χ1v) is 6.18. The summed E-state index contributed by atoms with van der Waals surface area (Å²) in [5.74, 6) is -0.306. The van der Waals surface area contributed by atoms with E-state index >= 15 is 0 Å². The number of nitrogens with zero attached hydrogens (tertiary/aromatic N) is 1. The number of hydrogen-bond acceptors (Lipinski definition) is 3. The highest BCUT2D eigenvalue weighted by Crippen LogP contribution is 2.13. The summed E-state index contributed by atoms with van der Waals surface area (Å²) in [6.07, 6.45) is 3.02. The Morgan fingerprint density at radius 1 is 1.29 bits per heavy atom. The number of aliphatic hydroxyl groups excluding tert-OH is 1. The Kier molecular flexibility index (Phi) is 4.48. The summed E-state index contributed by atoms with van der Waals surface area (Å²) in [7, 11) is 0. The molecule has 0 amide bonds. The minimum absolute atomic E-state index is 0.306. The SMILES string of the molecule is OC(CNN1CCCCC1)c1cccc(F)c1. The largest absolute Gasteiger partial charge is 0.387 e. The van der Waals surface area contributed by atoms with Crippen LogP contribution in [0.5, 0.6) is 0 Å². The van der Waals surface area contributed by atoms with Gasteiger partial charge in [0.1, 0.15) is 5.82 Å². The normalized spacial score (nSPS) is 19.2. The highest BCUT2D eigenvalue weighted by atomic mass is 19.1. The van der Waals surface area contributed by atoms with E-state index in [-0.39, 0.29) is 5.82 Å². The summed E-state index contributed by atoms with van der Waals surface area (Å²) in [6, 6.07) is 6.12. The van der Waals surface area contributed by atoms with Crippen molar-refractivity contribution in [2.24, 2.45) is 0 Å². The summed E-state index contributed by atoms with van der Waals surface area (Å²) in [4.78, 5) is 0. The van der Waals surface area contributed by atoms with Crippen molar-refractivity contribution in [3.63, 3.8) is 0 Å².